The summed E-state index contributed by atoms with van der Waals surface area (Å²) in [6, 6.07) is 6.08. The van der Waals surface area contributed by atoms with Gasteiger partial charge in [0.1, 0.15) is 22.7 Å². The van der Waals surface area contributed by atoms with Crippen molar-refractivity contribution in [3.8, 4) is 11.5 Å². The molecule has 0 unspecified atom stereocenters. The zero-order chi connectivity index (χ0) is 21.4. The summed E-state index contributed by atoms with van der Waals surface area (Å²) in [5.41, 5.74) is 0.666. The van der Waals surface area contributed by atoms with Crippen LogP contribution in [0, 0.1) is 0 Å². The van der Waals surface area contributed by atoms with Gasteiger partial charge in [-0.3, -0.25) is 4.79 Å². The number of rotatable bonds is 12. The van der Waals surface area contributed by atoms with E-state index in [-0.39, 0.29) is 17.1 Å². The van der Waals surface area contributed by atoms with Crippen molar-refractivity contribution < 1.29 is 14.3 Å². The molecule has 0 atom stereocenters. The van der Waals surface area contributed by atoms with Crippen LogP contribution in [0.25, 0.3) is 0 Å². The van der Waals surface area contributed by atoms with Crippen LogP contribution >= 0.6 is 23.2 Å². The van der Waals surface area contributed by atoms with Crippen LogP contribution in [-0.2, 0) is 11.2 Å². The maximum Gasteiger partial charge on any atom is 0.253 e. The summed E-state index contributed by atoms with van der Waals surface area (Å²) in [7, 11) is 0. The summed E-state index contributed by atoms with van der Waals surface area (Å²) >= 11 is 11.1. The van der Waals surface area contributed by atoms with Crippen LogP contribution in [0.4, 0.5) is 0 Å². The standard InChI is InChI=1S/C22H35Cl2NO3/c1-7-21(3,4)27-17-13-12-16(18(15-17)28-22(5,6)8-2)11-9-10-14-25-20(26)19(23)24/h12-13,15,19H,7-11,14H2,1-6H3,(H,25,26). The van der Waals surface area contributed by atoms with Gasteiger partial charge < -0.3 is 14.8 Å². The van der Waals surface area contributed by atoms with Gasteiger partial charge in [0.05, 0.1) is 0 Å². The van der Waals surface area contributed by atoms with Gasteiger partial charge in [-0.1, -0.05) is 43.1 Å². The molecule has 0 heterocycles. The average Bonchev–Trinajstić information content (AvgIpc) is 2.62. The second-order valence-electron chi connectivity index (χ2n) is 8.25. The third-order valence-corrected chi connectivity index (χ3v) is 5.29. The molecule has 0 aliphatic carbocycles. The highest BCUT2D eigenvalue weighted by Crippen LogP contribution is 2.32. The second kappa shape index (κ2) is 11.2. The molecule has 1 aromatic carbocycles. The molecule has 1 aromatic rings. The molecule has 1 rings (SSSR count). The predicted octanol–water partition coefficient (Wildman–Crippen LogP) is 6.06. The predicted molar refractivity (Wildman–Crippen MR) is 118 cm³/mol. The van der Waals surface area contributed by atoms with E-state index in [0.717, 1.165) is 49.2 Å². The van der Waals surface area contributed by atoms with Crippen LogP contribution in [0.2, 0.25) is 0 Å². The van der Waals surface area contributed by atoms with Crippen LogP contribution in [0.1, 0.15) is 72.8 Å². The van der Waals surface area contributed by atoms with Gasteiger partial charge in [-0.2, -0.15) is 0 Å². The quantitative estimate of drug-likeness (QED) is 0.322. The summed E-state index contributed by atoms with van der Waals surface area (Å²) in [5, 5.41) is 2.72. The highest BCUT2D eigenvalue weighted by molar-refractivity contribution is 6.53. The Hall–Kier alpha value is -1.13. The van der Waals surface area contributed by atoms with Crippen molar-refractivity contribution in [1.29, 1.82) is 0 Å². The van der Waals surface area contributed by atoms with Gasteiger partial charge in [0.15, 0.2) is 4.84 Å². The van der Waals surface area contributed by atoms with E-state index in [9.17, 15) is 4.79 Å². The maximum atomic E-state index is 11.4. The molecule has 0 spiro atoms. The van der Waals surface area contributed by atoms with E-state index < -0.39 is 4.84 Å². The summed E-state index contributed by atoms with van der Waals surface area (Å²) in [5.74, 6) is 1.33. The van der Waals surface area contributed by atoms with Crippen molar-refractivity contribution in [3.63, 3.8) is 0 Å². The normalized spacial score (nSPS) is 12.2. The van der Waals surface area contributed by atoms with Crippen molar-refractivity contribution in [2.24, 2.45) is 0 Å². The van der Waals surface area contributed by atoms with E-state index in [2.05, 4.69) is 52.9 Å². The third-order valence-electron chi connectivity index (χ3n) is 4.89. The highest BCUT2D eigenvalue weighted by Gasteiger charge is 2.21. The Kier molecular flexibility index (Phi) is 9.92. The Balaban J connectivity index is 2.81. The number of benzene rings is 1. The molecule has 0 aromatic heterocycles. The molecule has 1 amide bonds. The van der Waals surface area contributed by atoms with Crippen molar-refractivity contribution in [1.82, 2.24) is 5.32 Å². The van der Waals surface area contributed by atoms with E-state index in [1.54, 1.807) is 0 Å². The molecular weight excluding hydrogens is 397 g/mol. The van der Waals surface area contributed by atoms with Crippen molar-refractivity contribution in [3.05, 3.63) is 23.8 Å². The lowest BCUT2D eigenvalue weighted by atomic mass is 10.0. The fourth-order valence-corrected chi connectivity index (χ4v) is 2.54. The van der Waals surface area contributed by atoms with Crippen LogP contribution < -0.4 is 14.8 Å². The monoisotopic (exact) mass is 431 g/mol. The number of carbonyl (C=O) groups excluding carboxylic acids is 1. The summed E-state index contributed by atoms with van der Waals surface area (Å²) < 4.78 is 12.4. The Bertz CT molecular complexity index is 630. The lowest BCUT2D eigenvalue weighted by Crippen LogP contribution is -2.29. The number of unbranched alkanes of at least 4 members (excludes halogenated alkanes) is 1. The molecule has 0 bridgehead atoms. The molecule has 0 radical (unpaired) electrons. The molecular formula is C22H35Cl2NO3. The van der Waals surface area contributed by atoms with E-state index in [1.807, 2.05) is 12.1 Å². The zero-order valence-electron chi connectivity index (χ0n) is 18.0. The van der Waals surface area contributed by atoms with E-state index in [0.29, 0.717) is 6.54 Å². The first-order valence-corrected chi connectivity index (χ1v) is 10.9. The van der Waals surface area contributed by atoms with Gasteiger partial charge in [0.25, 0.3) is 5.91 Å². The second-order valence-corrected chi connectivity index (χ2v) is 9.35. The van der Waals surface area contributed by atoms with E-state index >= 15 is 0 Å². The summed E-state index contributed by atoms with van der Waals surface area (Å²) in [6.45, 7) is 13.1. The Labute approximate surface area is 180 Å². The Morgan fingerprint density at radius 1 is 1.04 bits per heavy atom. The zero-order valence-corrected chi connectivity index (χ0v) is 19.5. The summed E-state index contributed by atoms with van der Waals surface area (Å²) in [4.78, 5) is 10.4. The SMILES string of the molecule is CCC(C)(C)Oc1ccc(CCCCNC(=O)C(Cl)Cl)c(OC(C)(C)CC)c1. The first-order valence-electron chi connectivity index (χ1n) is 10.1. The molecule has 0 fully saturated rings. The first kappa shape index (κ1) is 24.9. The summed E-state index contributed by atoms with van der Waals surface area (Å²) in [6.07, 6.45) is 4.43. The van der Waals surface area contributed by atoms with Gasteiger partial charge in [-0.15, -0.1) is 0 Å². The van der Waals surface area contributed by atoms with Gasteiger partial charge in [-0.05, 0) is 71.4 Å². The molecule has 0 saturated carbocycles. The number of hydrogen-bond acceptors (Lipinski definition) is 3. The molecule has 28 heavy (non-hydrogen) atoms. The molecule has 160 valence electrons. The highest BCUT2D eigenvalue weighted by atomic mass is 35.5. The smallest absolute Gasteiger partial charge is 0.253 e. The minimum atomic E-state index is -1.02. The fraction of sp³-hybridized carbons (Fsp3) is 0.682. The van der Waals surface area contributed by atoms with Gasteiger partial charge in [0, 0.05) is 12.6 Å². The molecule has 4 nitrogen and oxygen atoms in total. The molecule has 1 N–H and O–H groups in total. The number of amides is 1. The van der Waals surface area contributed by atoms with Crippen molar-refractivity contribution >= 4 is 29.1 Å². The minimum absolute atomic E-state index is 0.222. The van der Waals surface area contributed by atoms with Crippen LogP contribution in [0.3, 0.4) is 0 Å². The van der Waals surface area contributed by atoms with Crippen molar-refractivity contribution in [2.75, 3.05) is 6.54 Å². The lowest BCUT2D eigenvalue weighted by molar-refractivity contribution is -0.119. The number of halogens is 2. The Morgan fingerprint density at radius 2 is 1.64 bits per heavy atom. The Morgan fingerprint density at radius 3 is 2.21 bits per heavy atom. The number of hydrogen-bond donors (Lipinski definition) is 1. The fourth-order valence-electron chi connectivity index (χ4n) is 2.39. The number of ether oxygens (including phenoxy) is 2. The van der Waals surface area contributed by atoms with Crippen LogP contribution in [-0.4, -0.2) is 28.5 Å². The third kappa shape index (κ3) is 8.91. The van der Waals surface area contributed by atoms with Crippen LogP contribution in [0.15, 0.2) is 18.2 Å². The number of nitrogens with one attached hydrogen (secondary N) is 1. The van der Waals surface area contributed by atoms with Gasteiger partial charge in [0.2, 0.25) is 0 Å². The van der Waals surface area contributed by atoms with E-state index in [1.165, 1.54) is 0 Å². The molecule has 0 saturated heterocycles. The first-order chi connectivity index (χ1) is 13.0. The lowest BCUT2D eigenvalue weighted by Gasteiger charge is -2.29. The average molecular weight is 432 g/mol. The minimum Gasteiger partial charge on any atom is -0.488 e. The number of aryl methyl sites for hydroxylation is 1. The van der Waals surface area contributed by atoms with Gasteiger partial charge in [-0.25, -0.2) is 0 Å². The molecule has 0 aliphatic heterocycles. The largest absolute Gasteiger partial charge is 0.488 e. The maximum absolute atomic E-state index is 11.4. The molecule has 6 heteroatoms. The topological polar surface area (TPSA) is 47.6 Å². The number of alkyl halides is 2. The van der Waals surface area contributed by atoms with Gasteiger partial charge >= 0.3 is 0 Å². The number of carbonyl (C=O) groups is 1. The van der Waals surface area contributed by atoms with Crippen molar-refractivity contribution in [2.45, 2.75) is 89.7 Å². The molecule has 0 aliphatic rings. The van der Waals surface area contributed by atoms with Crippen LogP contribution in [0.5, 0.6) is 11.5 Å². The van der Waals surface area contributed by atoms with E-state index in [4.69, 9.17) is 32.7 Å².